The van der Waals surface area contributed by atoms with Gasteiger partial charge in [-0.15, -0.1) is 0 Å². The van der Waals surface area contributed by atoms with E-state index < -0.39 is 0 Å². The molecule has 0 spiro atoms. The van der Waals surface area contributed by atoms with Gasteiger partial charge in [0.15, 0.2) is 6.29 Å². The van der Waals surface area contributed by atoms with Crippen LogP contribution in [0.5, 0.6) is 0 Å². The maximum atomic E-state index is 11.4. The van der Waals surface area contributed by atoms with Crippen molar-refractivity contribution in [1.29, 1.82) is 0 Å². The first-order valence-corrected chi connectivity index (χ1v) is 6.75. The van der Waals surface area contributed by atoms with Gasteiger partial charge in [-0.1, -0.05) is 60.2 Å². The Bertz CT molecular complexity index is 800. The molecule has 0 aliphatic heterocycles. The van der Waals surface area contributed by atoms with E-state index in [4.69, 9.17) is 0 Å². The van der Waals surface area contributed by atoms with Crippen molar-refractivity contribution in [1.82, 2.24) is 0 Å². The summed E-state index contributed by atoms with van der Waals surface area (Å²) in [5.74, 6) is 0. The fraction of sp³-hybridized carbons (Fsp3) is 0.105. The highest BCUT2D eigenvalue weighted by Crippen LogP contribution is 2.34. The van der Waals surface area contributed by atoms with E-state index in [1.807, 2.05) is 24.3 Å². The zero-order valence-electron chi connectivity index (χ0n) is 11.7. The van der Waals surface area contributed by atoms with Gasteiger partial charge in [0.2, 0.25) is 0 Å². The minimum Gasteiger partial charge on any atom is -0.298 e. The van der Waals surface area contributed by atoms with Gasteiger partial charge in [-0.2, -0.15) is 0 Å². The van der Waals surface area contributed by atoms with E-state index >= 15 is 0 Å². The van der Waals surface area contributed by atoms with Gasteiger partial charge in [-0.3, -0.25) is 4.79 Å². The standard InChI is InChI=1S/C19H16O/c1-13-7-8-14(2)18(11-13)19-16(12-20)10-9-15-5-3-4-6-17(15)19/h3-12H,1-2H3. The maximum Gasteiger partial charge on any atom is 0.150 e. The fourth-order valence-corrected chi connectivity index (χ4v) is 2.69. The molecule has 3 aromatic carbocycles. The van der Waals surface area contributed by atoms with Crippen LogP contribution in [0.25, 0.3) is 21.9 Å². The quantitative estimate of drug-likeness (QED) is 0.597. The average molecular weight is 260 g/mol. The number of rotatable bonds is 2. The minimum atomic E-state index is 0.748. The van der Waals surface area contributed by atoms with Crippen LogP contribution in [0, 0.1) is 13.8 Å². The Morgan fingerprint density at radius 3 is 2.50 bits per heavy atom. The summed E-state index contributed by atoms with van der Waals surface area (Å²) in [6.45, 7) is 4.17. The van der Waals surface area contributed by atoms with E-state index in [1.165, 1.54) is 11.1 Å². The van der Waals surface area contributed by atoms with Crippen molar-refractivity contribution in [3.63, 3.8) is 0 Å². The first kappa shape index (κ1) is 12.6. The summed E-state index contributed by atoms with van der Waals surface area (Å²) in [5, 5.41) is 2.29. The number of carbonyl (C=O) groups excluding carboxylic acids is 1. The van der Waals surface area contributed by atoms with Gasteiger partial charge in [0.25, 0.3) is 0 Å². The van der Waals surface area contributed by atoms with Crippen LogP contribution in [0.1, 0.15) is 21.5 Å². The Hall–Kier alpha value is -2.41. The summed E-state index contributed by atoms with van der Waals surface area (Å²) in [5.41, 5.74) is 5.33. The molecule has 0 aromatic heterocycles. The molecule has 1 heteroatoms. The first-order chi connectivity index (χ1) is 9.70. The van der Waals surface area contributed by atoms with Gasteiger partial charge in [-0.05, 0) is 35.7 Å². The molecular weight excluding hydrogens is 244 g/mol. The Morgan fingerprint density at radius 1 is 0.900 bits per heavy atom. The molecule has 0 bridgehead atoms. The molecule has 0 unspecified atom stereocenters. The highest BCUT2D eigenvalue weighted by molar-refractivity contribution is 6.05. The van der Waals surface area contributed by atoms with Gasteiger partial charge < -0.3 is 0 Å². The summed E-state index contributed by atoms with van der Waals surface area (Å²) in [7, 11) is 0. The third-order valence-corrected chi connectivity index (χ3v) is 3.75. The molecule has 1 nitrogen and oxygen atoms in total. The van der Waals surface area contributed by atoms with E-state index in [0.717, 1.165) is 33.7 Å². The maximum absolute atomic E-state index is 11.4. The van der Waals surface area contributed by atoms with Crippen molar-refractivity contribution in [2.24, 2.45) is 0 Å². The molecule has 0 N–H and O–H groups in total. The molecule has 0 saturated carbocycles. The Labute approximate surface area is 118 Å². The highest BCUT2D eigenvalue weighted by atomic mass is 16.1. The van der Waals surface area contributed by atoms with Crippen LogP contribution in [-0.2, 0) is 0 Å². The average Bonchev–Trinajstić information content (AvgIpc) is 2.48. The zero-order chi connectivity index (χ0) is 14.1. The predicted octanol–water partition coefficient (Wildman–Crippen LogP) is 4.94. The molecule has 0 heterocycles. The molecule has 0 amide bonds. The molecule has 0 radical (unpaired) electrons. The van der Waals surface area contributed by atoms with Crippen molar-refractivity contribution in [3.8, 4) is 11.1 Å². The molecule has 3 rings (SSSR count). The van der Waals surface area contributed by atoms with E-state index in [2.05, 4.69) is 44.2 Å². The van der Waals surface area contributed by atoms with Crippen LogP contribution >= 0.6 is 0 Å². The SMILES string of the molecule is Cc1ccc(C)c(-c2c(C=O)ccc3ccccc23)c1. The topological polar surface area (TPSA) is 17.1 Å². The number of carbonyl (C=O) groups is 1. The number of aldehydes is 1. The van der Waals surface area contributed by atoms with Crippen molar-refractivity contribution in [2.45, 2.75) is 13.8 Å². The summed E-state index contributed by atoms with van der Waals surface area (Å²) < 4.78 is 0. The number of hydrogen-bond acceptors (Lipinski definition) is 1. The van der Waals surface area contributed by atoms with Gasteiger partial charge in [-0.25, -0.2) is 0 Å². The summed E-state index contributed by atoms with van der Waals surface area (Å²) in [6.07, 6.45) is 0.948. The lowest BCUT2D eigenvalue weighted by molar-refractivity contribution is 0.112. The normalized spacial score (nSPS) is 10.7. The lowest BCUT2D eigenvalue weighted by Crippen LogP contribution is -1.93. The number of fused-ring (bicyclic) bond motifs is 1. The zero-order valence-corrected chi connectivity index (χ0v) is 11.7. The van der Waals surface area contributed by atoms with Gasteiger partial charge in [0.05, 0.1) is 0 Å². The number of benzene rings is 3. The summed E-state index contributed by atoms with van der Waals surface area (Å²) >= 11 is 0. The third kappa shape index (κ3) is 2.01. The Balaban J connectivity index is 2.44. The smallest absolute Gasteiger partial charge is 0.150 e. The van der Waals surface area contributed by atoms with E-state index in [0.29, 0.717) is 0 Å². The van der Waals surface area contributed by atoms with Gasteiger partial charge in [0, 0.05) is 11.1 Å². The summed E-state index contributed by atoms with van der Waals surface area (Å²) in [6, 6.07) is 18.5. The van der Waals surface area contributed by atoms with Crippen LogP contribution in [0.2, 0.25) is 0 Å². The molecule has 3 aromatic rings. The van der Waals surface area contributed by atoms with Crippen molar-refractivity contribution in [2.75, 3.05) is 0 Å². The molecule has 0 aliphatic carbocycles. The van der Waals surface area contributed by atoms with Crippen molar-refractivity contribution >= 4 is 17.1 Å². The number of aryl methyl sites for hydroxylation is 2. The van der Waals surface area contributed by atoms with Crippen LogP contribution in [0.3, 0.4) is 0 Å². The first-order valence-electron chi connectivity index (χ1n) is 6.75. The highest BCUT2D eigenvalue weighted by Gasteiger charge is 2.11. The van der Waals surface area contributed by atoms with Crippen LogP contribution in [-0.4, -0.2) is 6.29 Å². The second-order valence-corrected chi connectivity index (χ2v) is 5.19. The Kier molecular flexibility index (Phi) is 3.11. The van der Waals surface area contributed by atoms with Crippen LogP contribution in [0.15, 0.2) is 54.6 Å². The number of hydrogen-bond donors (Lipinski definition) is 0. The second kappa shape index (κ2) is 4.93. The van der Waals surface area contributed by atoms with Crippen LogP contribution in [0.4, 0.5) is 0 Å². The third-order valence-electron chi connectivity index (χ3n) is 3.75. The van der Waals surface area contributed by atoms with Crippen molar-refractivity contribution < 1.29 is 4.79 Å². The molecule has 0 aliphatic rings. The molecule has 0 saturated heterocycles. The van der Waals surface area contributed by atoms with Crippen LogP contribution < -0.4 is 0 Å². The molecule has 0 atom stereocenters. The fourth-order valence-electron chi connectivity index (χ4n) is 2.69. The molecule has 0 fully saturated rings. The Morgan fingerprint density at radius 2 is 1.70 bits per heavy atom. The monoisotopic (exact) mass is 260 g/mol. The van der Waals surface area contributed by atoms with E-state index in [1.54, 1.807) is 0 Å². The molecular formula is C19H16O. The summed E-state index contributed by atoms with van der Waals surface area (Å²) in [4.78, 5) is 11.4. The minimum absolute atomic E-state index is 0.748. The lowest BCUT2D eigenvalue weighted by Gasteiger charge is -2.13. The van der Waals surface area contributed by atoms with Gasteiger partial charge in [0.1, 0.15) is 0 Å². The largest absolute Gasteiger partial charge is 0.298 e. The van der Waals surface area contributed by atoms with Crippen molar-refractivity contribution in [3.05, 3.63) is 71.3 Å². The van der Waals surface area contributed by atoms with Gasteiger partial charge >= 0.3 is 0 Å². The predicted molar refractivity (Wildman–Crippen MR) is 84.2 cm³/mol. The second-order valence-electron chi connectivity index (χ2n) is 5.19. The molecule has 20 heavy (non-hydrogen) atoms. The van der Waals surface area contributed by atoms with E-state index in [-0.39, 0.29) is 0 Å². The lowest BCUT2D eigenvalue weighted by atomic mass is 9.90. The molecule has 98 valence electrons. The van der Waals surface area contributed by atoms with E-state index in [9.17, 15) is 4.79 Å².